The minimum atomic E-state index is 0.294. The van der Waals surface area contributed by atoms with E-state index in [1.165, 1.54) is 87.9 Å². The fourth-order valence-corrected chi connectivity index (χ4v) is 10.1. The SMILES string of the molecule is C1=CC[C@@H](n2c3ccccc3c3cc(N(c4ccccc4)c4ccc(-c5ccc(-c6ccc(-c7c8ccccc8c(-c8ccccc8)c8ccccc78)cc6)cc5)cc4)ccc32)C=C1. The Hall–Kier alpha value is -8.20. The monoisotopic (exact) mass is 816 g/mol. The van der Waals surface area contributed by atoms with E-state index in [2.05, 4.69) is 258 Å². The topological polar surface area (TPSA) is 8.17 Å². The second-order valence-corrected chi connectivity index (χ2v) is 16.8. The van der Waals surface area contributed by atoms with Crippen molar-refractivity contribution in [2.45, 2.75) is 12.5 Å². The van der Waals surface area contributed by atoms with E-state index in [-0.39, 0.29) is 0 Å². The molecule has 0 saturated carbocycles. The summed E-state index contributed by atoms with van der Waals surface area (Å²) in [4.78, 5) is 2.37. The molecule has 0 saturated heterocycles. The summed E-state index contributed by atoms with van der Waals surface area (Å²) < 4.78 is 2.51. The number of benzene rings is 10. The Labute approximate surface area is 373 Å². The molecule has 0 aliphatic heterocycles. The van der Waals surface area contributed by atoms with Crippen LogP contribution in [0.15, 0.2) is 249 Å². The van der Waals surface area contributed by atoms with Crippen molar-refractivity contribution < 1.29 is 0 Å². The highest BCUT2D eigenvalue weighted by Gasteiger charge is 2.20. The number of aromatic nitrogens is 1. The summed E-state index contributed by atoms with van der Waals surface area (Å²) in [5.74, 6) is 0. The Bertz CT molecular complexity index is 3480. The van der Waals surface area contributed by atoms with Crippen molar-refractivity contribution in [2.24, 2.45) is 0 Å². The number of fused-ring (bicyclic) bond motifs is 5. The standard InChI is InChI=1S/C62H44N2/c1-4-16-47(17-5-1)61-54-23-10-12-25-56(54)62(57-26-13-11-24-55(57)61)48-34-32-45(33-35-48)43-28-30-44(31-29-43)46-36-38-51(39-37-46)63(49-18-6-2-7-19-49)52-40-41-60-58(42-52)53-22-14-15-27-59(53)64(60)50-20-8-3-9-21-50/h1-20,22-42,50H,21H2/t50-/m0/s1. The molecule has 1 aromatic heterocycles. The molecule has 2 heteroatoms. The second-order valence-electron chi connectivity index (χ2n) is 16.8. The van der Waals surface area contributed by atoms with Crippen LogP contribution in [-0.2, 0) is 0 Å². The molecule has 1 heterocycles. The lowest BCUT2D eigenvalue weighted by atomic mass is 9.86. The van der Waals surface area contributed by atoms with Crippen molar-refractivity contribution in [3.8, 4) is 44.5 Å². The Morgan fingerprint density at radius 3 is 1.30 bits per heavy atom. The molecule has 0 amide bonds. The molecule has 2 nitrogen and oxygen atoms in total. The third-order valence-electron chi connectivity index (χ3n) is 13.1. The molecule has 0 bridgehead atoms. The van der Waals surface area contributed by atoms with Crippen LogP contribution in [0, 0.1) is 0 Å². The molecular weight excluding hydrogens is 773 g/mol. The van der Waals surface area contributed by atoms with Gasteiger partial charge in [-0.2, -0.15) is 0 Å². The molecule has 0 spiro atoms. The van der Waals surface area contributed by atoms with E-state index in [1.54, 1.807) is 0 Å². The Kier molecular flexibility index (Phi) is 9.34. The smallest absolute Gasteiger partial charge is 0.0560 e. The average molecular weight is 817 g/mol. The predicted molar refractivity (Wildman–Crippen MR) is 273 cm³/mol. The van der Waals surface area contributed by atoms with Gasteiger partial charge in [0.15, 0.2) is 0 Å². The van der Waals surface area contributed by atoms with Crippen LogP contribution in [0.4, 0.5) is 17.1 Å². The number of allylic oxidation sites excluding steroid dienone is 4. The van der Waals surface area contributed by atoms with Crippen molar-refractivity contribution in [1.82, 2.24) is 4.57 Å². The van der Waals surface area contributed by atoms with E-state index in [1.807, 2.05) is 0 Å². The highest BCUT2D eigenvalue weighted by Crippen LogP contribution is 2.45. The van der Waals surface area contributed by atoms with E-state index in [0.29, 0.717) is 6.04 Å². The summed E-state index contributed by atoms with van der Waals surface area (Å²) in [5.41, 5.74) is 15.7. The van der Waals surface area contributed by atoms with Gasteiger partial charge in [-0.05, 0) is 121 Å². The zero-order chi connectivity index (χ0) is 42.4. The van der Waals surface area contributed by atoms with Gasteiger partial charge < -0.3 is 9.47 Å². The predicted octanol–water partition coefficient (Wildman–Crippen LogP) is 17.3. The largest absolute Gasteiger partial charge is 0.333 e. The lowest BCUT2D eigenvalue weighted by Crippen LogP contribution is -2.10. The Morgan fingerprint density at radius 1 is 0.328 bits per heavy atom. The first-order valence-corrected chi connectivity index (χ1v) is 22.3. The maximum absolute atomic E-state index is 2.51. The van der Waals surface area contributed by atoms with E-state index >= 15 is 0 Å². The summed E-state index contributed by atoms with van der Waals surface area (Å²) >= 11 is 0. The third kappa shape index (κ3) is 6.51. The molecular formula is C62H44N2. The lowest BCUT2D eigenvalue weighted by Gasteiger charge is -2.26. The Balaban J connectivity index is 0.851. The summed E-state index contributed by atoms with van der Waals surface area (Å²) in [5, 5.41) is 7.63. The van der Waals surface area contributed by atoms with Crippen molar-refractivity contribution >= 4 is 60.4 Å². The maximum atomic E-state index is 2.51. The van der Waals surface area contributed by atoms with Crippen molar-refractivity contribution in [3.05, 3.63) is 249 Å². The number of rotatable bonds is 8. The number of hydrogen-bond donors (Lipinski definition) is 0. The van der Waals surface area contributed by atoms with Crippen LogP contribution in [0.5, 0.6) is 0 Å². The molecule has 1 aliphatic rings. The quantitative estimate of drug-likeness (QED) is 0.139. The van der Waals surface area contributed by atoms with Gasteiger partial charge in [0.1, 0.15) is 0 Å². The van der Waals surface area contributed by atoms with Gasteiger partial charge in [0.05, 0.1) is 6.04 Å². The summed E-state index contributed by atoms with van der Waals surface area (Å²) in [6.45, 7) is 0. The maximum Gasteiger partial charge on any atom is 0.0560 e. The average Bonchev–Trinajstić information content (AvgIpc) is 3.70. The Morgan fingerprint density at radius 2 is 0.750 bits per heavy atom. The van der Waals surface area contributed by atoms with Crippen LogP contribution in [0.25, 0.3) is 87.9 Å². The van der Waals surface area contributed by atoms with Crippen molar-refractivity contribution in [2.75, 3.05) is 4.90 Å². The summed E-state index contributed by atoms with van der Waals surface area (Å²) in [6, 6.07) is 82.4. The van der Waals surface area contributed by atoms with Crippen LogP contribution in [0.1, 0.15) is 12.5 Å². The highest BCUT2D eigenvalue weighted by atomic mass is 15.1. The van der Waals surface area contributed by atoms with Crippen LogP contribution in [0.3, 0.4) is 0 Å². The molecule has 10 aromatic carbocycles. The van der Waals surface area contributed by atoms with Crippen LogP contribution >= 0.6 is 0 Å². The van der Waals surface area contributed by atoms with E-state index < -0.39 is 0 Å². The molecule has 0 N–H and O–H groups in total. The van der Waals surface area contributed by atoms with E-state index in [9.17, 15) is 0 Å². The molecule has 0 unspecified atom stereocenters. The summed E-state index contributed by atoms with van der Waals surface area (Å²) in [7, 11) is 0. The third-order valence-corrected chi connectivity index (χ3v) is 13.1. The highest BCUT2D eigenvalue weighted by molar-refractivity contribution is 6.21. The fraction of sp³-hybridized carbons (Fsp3) is 0.0323. The summed E-state index contributed by atoms with van der Waals surface area (Å²) in [6.07, 6.45) is 9.90. The molecule has 1 atom stereocenters. The lowest BCUT2D eigenvalue weighted by molar-refractivity contribution is 0.648. The van der Waals surface area contributed by atoms with Gasteiger partial charge in [0.25, 0.3) is 0 Å². The zero-order valence-corrected chi connectivity index (χ0v) is 35.4. The van der Waals surface area contributed by atoms with Crippen LogP contribution in [0.2, 0.25) is 0 Å². The molecule has 0 radical (unpaired) electrons. The minimum absolute atomic E-state index is 0.294. The van der Waals surface area contributed by atoms with Crippen LogP contribution in [-0.4, -0.2) is 4.57 Å². The van der Waals surface area contributed by atoms with Gasteiger partial charge in [0.2, 0.25) is 0 Å². The second kappa shape index (κ2) is 15.9. The number of anilines is 3. The van der Waals surface area contributed by atoms with Gasteiger partial charge in [0, 0.05) is 38.9 Å². The van der Waals surface area contributed by atoms with Gasteiger partial charge in [-0.15, -0.1) is 0 Å². The molecule has 0 fully saturated rings. The molecule has 11 aromatic rings. The fourth-order valence-electron chi connectivity index (χ4n) is 10.1. The first-order valence-electron chi connectivity index (χ1n) is 22.3. The van der Waals surface area contributed by atoms with Gasteiger partial charge in [-0.3, -0.25) is 0 Å². The van der Waals surface area contributed by atoms with Gasteiger partial charge >= 0.3 is 0 Å². The first kappa shape index (κ1) is 37.6. The van der Waals surface area contributed by atoms with Gasteiger partial charge in [-0.25, -0.2) is 0 Å². The molecule has 1 aliphatic carbocycles. The number of para-hydroxylation sites is 2. The molecule has 302 valence electrons. The molecule has 12 rings (SSSR count). The van der Waals surface area contributed by atoms with Crippen LogP contribution < -0.4 is 4.90 Å². The number of hydrogen-bond acceptors (Lipinski definition) is 1. The zero-order valence-electron chi connectivity index (χ0n) is 35.4. The van der Waals surface area contributed by atoms with Crippen molar-refractivity contribution in [3.63, 3.8) is 0 Å². The minimum Gasteiger partial charge on any atom is -0.333 e. The van der Waals surface area contributed by atoms with E-state index in [4.69, 9.17) is 0 Å². The molecule has 64 heavy (non-hydrogen) atoms. The first-order chi connectivity index (χ1) is 31.8. The van der Waals surface area contributed by atoms with E-state index in [0.717, 1.165) is 23.5 Å². The number of nitrogens with zero attached hydrogens (tertiary/aromatic N) is 2. The van der Waals surface area contributed by atoms with Crippen molar-refractivity contribution in [1.29, 1.82) is 0 Å². The normalized spacial score (nSPS) is 13.6. The van der Waals surface area contributed by atoms with Gasteiger partial charge in [-0.1, -0.05) is 200 Å².